The summed E-state index contributed by atoms with van der Waals surface area (Å²) in [7, 11) is -1.89. The molecule has 0 radical (unpaired) electrons. The van der Waals surface area contributed by atoms with Crippen molar-refractivity contribution in [2.24, 2.45) is 12.8 Å². The van der Waals surface area contributed by atoms with Crippen molar-refractivity contribution in [3.63, 3.8) is 0 Å². The first-order chi connectivity index (χ1) is 9.48. The number of oxazole rings is 1. The Hall–Kier alpha value is -1.71. The lowest BCUT2D eigenvalue weighted by atomic mass is 10.0. The maximum absolute atomic E-state index is 12.5. The number of nitrogens with zero attached hydrogens (tertiary/aromatic N) is 4. The quantitative estimate of drug-likeness (QED) is 0.820. The van der Waals surface area contributed by atoms with Gasteiger partial charge in [0, 0.05) is 38.3 Å². The van der Waals surface area contributed by atoms with Crippen LogP contribution in [0.25, 0.3) is 0 Å². The minimum atomic E-state index is -3.61. The second-order valence-electron chi connectivity index (χ2n) is 4.88. The second-order valence-corrected chi connectivity index (χ2v) is 6.77. The van der Waals surface area contributed by atoms with Crippen molar-refractivity contribution in [3.05, 3.63) is 30.9 Å². The molecule has 1 fully saturated rings. The van der Waals surface area contributed by atoms with Gasteiger partial charge in [-0.1, -0.05) is 0 Å². The van der Waals surface area contributed by atoms with Crippen LogP contribution in [0.4, 0.5) is 0 Å². The molecule has 108 valence electrons. The van der Waals surface area contributed by atoms with Gasteiger partial charge in [0.25, 0.3) is 10.0 Å². The topological polar surface area (TPSA) is 107 Å². The van der Waals surface area contributed by atoms with Crippen molar-refractivity contribution in [2.75, 3.05) is 13.1 Å². The third-order valence-electron chi connectivity index (χ3n) is 3.45. The molecule has 2 aromatic rings. The molecule has 1 aliphatic heterocycles. The van der Waals surface area contributed by atoms with Crippen molar-refractivity contribution in [2.45, 2.75) is 17.0 Å². The Kier molecular flexibility index (Phi) is 3.11. The molecule has 0 bridgehead atoms. The monoisotopic (exact) mass is 297 g/mol. The minimum Gasteiger partial charge on any atom is -0.451 e. The van der Waals surface area contributed by atoms with Gasteiger partial charge < -0.3 is 14.7 Å². The molecule has 3 heterocycles. The number of nitrogens with two attached hydrogens (primary N) is 1. The van der Waals surface area contributed by atoms with Gasteiger partial charge in [0.2, 0.25) is 0 Å². The highest BCUT2D eigenvalue weighted by Gasteiger charge is 2.40. The molecular weight excluding hydrogens is 282 g/mol. The van der Waals surface area contributed by atoms with E-state index in [0.29, 0.717) is 5.69 Å². The van der Waals surface area contributed by atoms with Gasteiger partial charge in [-0.25, -0.2) is 18.4 Å². The summed E-state index contributed by atoms with van der Waals surface area (Å²) in [5, 5.41) is 0.0352. The Labute approximate surface area is 116 Å². The third kappa shape index (κ3) is 2.13. The summed E-state index contributed by atoms with van der Waals surface area (Å²) in [5.74, 6) is -0.160. The minimum absolute atomic E-state index is 0.0352. The van der Waals surface area contributed by atoms with Crippen LogP contribution in [0.1, 0.15) is 11.6 Å². The Morgan fingerprint density at radius 1 is 1.40 bits per heavy atom. The number of hydrogen-bond acceptors (Lipinski definition) is 6. The number of imidazole rings is 1. The van der Waals surface area contributed by atoms with Crippen LogP contribution in [-0.2, 0) is 17.1 Å². The predicted molar refractivity (Wildman–Crippen MR) is 69.2 cm³/mol. The SMILES string of the molecule is Cn1cnc(S(=O)(=O)N2C[C@@H](N)[C@H](c3cocn3)C2)c1. The van der Waals surface area contributed by atoms with Crippen molar-refractivity contribution in [1.82, 2.24) is 18.8 Å². The molecule has 2 aromatic heterocycles. The predicted octanol–water partition coefficient (Wildman–Crippen LogP) is -0.476. The number of sulfonamides is 1. The molecule has 0 spiro atoms. The van der Waals surface area contributed by atoms with E-state index in [1.165, 1.54) is 29.5 Å². The summed E-state index contributed by atoms with van der Waals surface area (Å²) in [5.41, 5.74) is 6.70. The third-order valence-corrected chi connectivity index (χ3v) is 5.17. The van der Waals surface area contributed by atoms with E-state index in [-0.39, 0.29) is 30.1 Å². The summed E-state index contributed by atoms with van der Waals surface area (Å²) in [4.78, 5) is 7.96. The van der Waals surface area contributed by atoms with E-state index in [0.717, 1.165) is 0 Å². The zero-order chi connectivity index (χ0) is 14.3. The molecule has 0 aromatic carbocycles. The van der Waals surface area contributed by atoms with Gasteiger partial charge in [-0.15, -0.1) is 0 Å². The first-order valence-corrected chi connectivity index (χ1v) is 7.54. The molecule has 8 nitrogen and oxygen atoms in total. The molecule has 2 N–H and O–H groups in total. The molecule has 0 aliphatic carbocycles. The molecule has 0 saturated carbocycles. The van der Waals surface area contributed by atoms with Crippen LogP contribution >= 0.6 is 0 Å². The van der Waals surface area contributed by atoms with Crippen LogP contribution < -0.4 is 5.73 Å². The standard InChI is InChI=1S/C11H15N5O3S/c1-15-4-11(13-6-15)20(17,18)16-2-8(9(12)3-16)10-5-19-7-14-10/h4-9H,2-3,12H2,1H3/t8-,9-/m1/s1. The van der Waals surface area contributed by atoms with Gasteiger partial charge in [0.15, 0.2) is 11.4 Å². The number of aryl methyl sites for hydroxylation is 1. The molecule has 9 heteroatoms. The van der Waals surface area contributed by atoms with Crippen LogP contribution in [0.3, 0.4) is 0 Å². The summed E-state index contributed by atoms with van der Waals surface area (Å²) in [6, 6.07) is -0.307. The van der Waals surface area contributed by atoms with Gasteiger partial charge >= 0.3 is 0 Å². The Bertz CT molecular complexity index is 693. The number of aromatic nitrogens is 3. The van der Waals surface area contributed by atoms with Crippen molar-refractivity contribution in [1.29, 1.82) is 0 Å². The van der Waals surface area contributed by atoms with Crippen LogP contribution in [0.15, 0.2) is 34.6 Å². The molecule has 1 aliphatic rings. The first-order valence-electron chi connectivity index (χ1n) is 6.10. The van der Waals surface area contributed by atoms with E-state index in [9.17, 15) is 8.42 Å². The summed E-state index contributed by atoms with van der Waals surface area (Å²) < 4.78 is 32.8. The van der Waals surface area contributed by atoms with E-state index in [4.69, 9.17) is 10.2 Å². The van der Waals surface area contributed by atoms with E-state index >= 15 is 0 Å². The lowest BCUT2D eigenvalue weighted by Gasteiger charge is -2.13. The summed E-state index contributed by atoms with van der Waals surface area (Å²) in [6.45, 7) is 0.531. The average molecular weight is 297 g/mol. The van der Waals surface area contributed by atoms with Crippen LogP contribution in [0, 0.1) is 0 Å². The summed E-state index contributed by atoms with van der Waals surface area (Å²) in [6.07, 6.45) is 5.75. The van der Waals surface area contributed by atoms with Crippen molar-refractivity contribution < 1.29 is 12.8 Å². The lowest BCUT2D eigenvalue weighted by molar-refractivity contribution is 0.467. The molecule has 20 heavy (non-hydrogen) atoms. The Morgan fingerprint density at radius 2 is 2.20 bits per heavy atom. The smallest absolute Gasteiger partial charge is 0.262 e. The molecule has 0 unspecified atom stereocenters. The van der Waals surface area contributed by atoms with Gasteiger partial charge in [-0.2, -0.15) is 4.31 Å². The Balaban J connectivity index is 1.86. The molecule has 1 saturated heterocycles. The highest BCUT2D eigenvalue weighted by molar-refractivity contribution is 7.89. The van der Waals surface area contributed by atoms with E-state index in [1.54, 1.807) is 11.6 Å². The molecule has 2 atom stereocenters. The van der Waals surface area contributed by atoms with E-state index in [2.05, 4.69) is 9.97 Å². The van der Waals surface area contributed by atoms with Gasteiger partial charge in [-0.3, -0.25) is 0 Å². The van der Waals surface area contributed by atoms with Crippen LogP contribution in [-0.4, -0.2) is 46.4 Å². The number of hydrogen-bond donors (Lipinski definition) is 1. The molecule has 0 amide bonds. The molecule has 3 rings (SSSR count). The first kappa shape index (κ1) is 13.3. The lowest BCUT2D eigenvalue weighted by Crippen LogP contribution is -2.32. The fraction of sp³-hybridized carbons (Fsp3) is 0.455. The fourth-order valence-electron chi connectivity index (χ4n) is 2.36. The summed E-state index contributed by atoms with van der Waals surface area (Å²) >= 11 is 0. The highest BCUT2D eigenvalue weighted by Crippen LogP contribution is 2.29. The largest absolute Gasteiger partial charge is 0.451 e. The highest BCUT2D eigenvalue weighted by atomic mass is 32.2. The van der Waals surface area contributed by atoms with Crippen LogP contribution in [0.5, 0.6) is 0 Å². The maximum Gasteiger partial charge on any atom is 0.262 e. The molecular formula is C11H15N5O3S. The van der Waals surface area contributed by atoms with E-state index in [1.807, 2.05) is 0 Å². The van der Waals surface area contributed by atoms with Gasteiger partial charge in [0.05, 0.1) is 12.0 Å². The zero-order valence-electron chi connectivity index (χ0n) is 10.9. The van der Waals surface area contributed by atoms with E-state index < -0.39 is 10.0 Å². The fourth-order valence-corrected chi connectivity index (χ4v) is 3.83. The van der Waals surface area contributed by atoms with Crippen molar-refractivity contribution in [3.8, 4) is 0 Å². The average Bonchev–Trinajstić information content (AvgIpc) is 3.08. The van der Waals surface area contributed by atoms with Gasteiger partial charge in [0.1, 0.15) is 6.26 Å². The maximum atomic E-state index is 12.5. The Morgan fingerprint density at radius 3 is 2.80 bits per heavy atom. The normalized spacial score (nSPS) is 24.3. The van der Waals surface area contributed by atoms with Crippen LogP contribution in [0.2, 0.25) is 0 Å². The van der Waals surface area contributed by atoms with Gasteiger partial charge in [-0.05, 0) is 0 Å². The number of rotatable bonds is 3. The zero-order valence-corrected chi connectivity index (χ0v) is 11.7. The van der Waals surface area contributed by atoms with Crippen molar-refractivity contribution >= 4 is 10.0 Å². The second kappa shape index (κ2) is 4.69.